The zero-order chi connectivity index (χ0) is 27.1. The number of anilines is 1. The molecule has 1 aliphatic heterocycles. The maximum Gasteiger partial charge on any atom is 0.251 e. The number of amides is 3. The molecule has 11 heteroatoms. The molecule has 0 unspecified atom stereocenters. The zero-order valence-corrected chi connectivity index (χ0v) is 22.3. The molecule has 1 aromatic carbocycles. The van der Waals surface area contributed by atoms with Crippen LogP contribution in [0.4, 0.5) is 5.82 Å². The summed E-state index contributed by atoms with van der Waals surface area (Å²) < 4.78 is 1.96. The van der Waals surface area contributed by atoms with Crippen LogP contribution in [0.2, 0.25) is 5.02 Å². The Kier molecular flexibility index (Phi) is 9.09. The van der Waals surface area contributed by atoms with Gasteiger partial charge in [-0.3, -0.25) is 14.4 Å². The summed E-state index contributed by atoms with van der Waals surface area (Å²) in [6, 6.07) is 9.24. The van der Waals surface area contributed by atoms with Gasteiger partial charge in [-0.05, 0) is 69.8 Å². The van der Waals surface area contributed by atoms with Crippen LogP contribution in [0.25, 0.3) is 5.69 Å². The van der Waals surface area contributed by atoms with E-state index in [2.05, 4.69) is 20.6 Å². The minimum absolute atomic E-state index is 0.216. The standard InChI is InChI=1S/C27H32ClN7O3/c1-33(2)18-24-29-12-15-35(24)21-9-6-19(7-10-21)26(37)31-22(27(38)34-13-4-3-5-14-34)16-25(36)32-23-11-8-20(28)17-30-23/h6-12,15,17,22H,3-5,13-14,16,18H2,1-2H3,(H,31,37)(H,30,32,36)/t22-/m0/s1. The fraction of sp³-hybridized carbons (Fsp3) is 0.370. The maximum atomic E-state index is 13.3. The minimum atomic E-state index is -1.01. The van der Waals surface area contributed by atoms with E-state index in [1.807, 2.05) is 41.9 Å². The Hall–Kier alpha value is -3.76. The Morgan fingerprint density at radius 2 is 1.76 bits per heavy atom. The predicted molar refractivity (Wildman–Crippen MR) is 145 cm³/mol. The van der Waals surface area contributed by atoms with Crippen molar-refractivity contribution in [3.05, 3.63) is 71.4 Å². The van der Waals surface area contributed by atoms with E-state index in [4.69, 9.17) is 11.6 Å². The first-order valence-corrected chi connectivity index (χ1v) is 13.0. The van der Waals surface area contributed by atoms with Crippen molar-refractivity contribution in [2.45, 2.75) is 38.3 Å². The largest absolute Gasteiger partial charge is 0.341 e. The number of imidazole rings is 1. The van der Waals surface area contributed by atoms with E-state index in [0.717, 1.165) is 30.8 Å². The average molecular weight is 538 g/mol. The molecule has 0 aliphatic carbocycles. The predicted octanol–water partition coefficient (Wildman–Crippen LogP) is 3.12. The molecule has 1 fully saturated rings. The monoisotopic (exact) mass is 537 g/mol. The van der Waals surface area contributed by atoms with Gasteiger partial charge in [0.25, 0.3) is 5.91 Å². The summed E-state index contributed by atoms with van der Waals surface area (Å²) >= 11 is 5.86. The third kappa shape index (κ3) is 7.17. The highest BCUT2D eigenvalue weighted by atomic mass is 35.5. The van der Waals surface area contributed by atoms with Crippen LogP contribution >= 0.6 is 11.6 Å². The van der Waals surface area contributed by atoms with Gasteiger partial charge in [0.1, 0.15) is 17.7 Å². The van der Waals surface area contributed by atoms with Gasteiger partial charge in [0.05, 0.1) is 18.0 Å². The molecule has 2 aromatic heterocycles. The number of hydrogen-bond acceptors (Lipinski definition) is 6. The van der Waals surface area contributed by atoms with E-state index >= 15 is 0 Å². The second-order valence-corrected chi connectivity index (χ2v) is 9.96. The second-order valence-electron chi connectivity index (χ2n) is 9.52. The molecule has 3 amide bonds. The Morgan fingerprint density at radius 1 is 1.03 bits per heavy atom. The number of carbonyl (C=O) groups is 3. The van der Waals surface area contributed by atoms with Crippen molar-refractivity contribution in [2.75, 3.05) is 32.5 Å². The smallest absolute Gasteiger partial charge is 0.251 e. The van der Waals surface area contributed by atoms with Crippen LogP contribution < -0.4 is 10.6 Å². The third-order valence-corrected chi connectivity index (χ3v) is 6.46. The molecule has 1 atom stereocenters. The van der Waals surface area contributed by atoms with Gasteiger partial charge in [-0.25, -0.2) is 9.97 Å². The Balaban J connectivity index is 1.47. The van der Waals surface area contributed by atoms with Crippen LogP contribution in [0.3, 0.4) is 0 Å². The molecule has 0 spiro atoms. The first kappa shape index (κ1) is 27.3. The van der Waals surface area contributed by atoms with Crippen molar-refractivity contribution in [2.24, 2.45) is 0 Å². The van der Waals surface area contributed by atoms with Gasteiger partial charge in [0.2, 0.25) is 11.8 Å². The molecule has 38 heavy (non-hydrogen) atoms. The highest BCUT2D eigenvalue weighted by molar-refractivity contribution is 6.30. The first-order valence-electron chi connectivity index (χ1n) is 12.6. The number of halogens is 1. The van der Waals surface area contributed by atoms with Gasteiger partial charge in [-0.2, -0.15) is 0 Å². The SMILES string of the molecule is CN(C)Cc1nccn1-c1ccc(C(=O)N[C@@H](CC(=O)Nc2ccc(Cl)cn2)C(=O)N2CCCCC2)cc1. The normalized spacial score (nSPS) is 14.3. The van der Waals surface area contributed by atoms with Crippen molar-refractivity contribution in [1.82, 2.24) is 29.7 Å². The summed E-state index contributed by atoms with van der Waals surface area (Å²) in [5.74, 6) is 0.0719. The van der Waals surface area contributed by atoms with E-state index in [9.17, 15) is 14.4 Å². The zero-order valence-electron chi connectivity index (χ0n) is 21.6. The number of piperidine rings is 1. The molecular formula is C27H32ClN7O3. The summed E-state index contributed by atoms with van der Waals surface area (Å²) in [5.41, 5.74) is 1.26. The Labute approximate surface area is 227 Å². The van der Waals surface area contributed by atoms with Gasteiger partial charge in [-0.15, -0.1) is 0 Å². The highest BCUT2D eigenvalue weighted by Crippen LogP contribution is 2.16. The number of carbonyl (C=O) groups excluding carboxylic acids is 3. The van der Waals surface area contributed by atoms with Crippen LogP contribution in [0.15, 0.2) is 55.0 Å². The quantitative estimate of drug-likeness (QED) is 0.434. The number of likely N-dealkylation sites (tertiary alicyclic amines) is 1. The van der Waals surface area contributed by atoms with Crippen LogP contribution in [0.5, 0.6) is 0 Å². The lowest BCUT2D eigenvalue weighted by Gasteiger charge is -2.30. The molecule has 3 heterocycles. The van der Waals surface area contributed by atoms with Crippen molar-refractivity contribution in [1.29, 1.82) is 0 Å². The number of nitrogens with one attached hydrogen (secondary N) is 2. The van der Waals surface area contributed by atoms with Crippen LogP contribution in [0.1, 0.15) is 41.9 Å². The van der Waals surface area contributed by atoms with E-state index in [-0.39, 0.29) is 12.3 Å². The summed E-state index contributed by atoms with van der Waals surface area (Å²) in [7, 11) is 3.95. The second kappa shape index (κ2) is 12.7. The molecule has 2 N–H and O–H groups in total. The molecule has 1 aliphatic rings. The summed E-state index contributed by atoms with van der Waals surface area (Å²) in [6.45, 7) is 1.89. The van der Waals surface area contributed by atoms with Crippen molar-refractivity contribution in [3.8, 4) is 5.69 Å². The van der Waals surface area contributed by atoms with E-state index < -0.39 is 17.9 Å². The molecule has 3 aromatic rings. The molecular weight excluding hydrogens is 506 g/mol. The van der Waals surface area contributed by atoms with Gasteiger partial charge < -0.3 is 25.0 Å². The number of hydrogen-bond donors (Lipinski definition) is 2. The fourth-order valence-corrected chi connectivity index (χ4v) is 4.46. The van der Waals surface area contributed by atoms with Gasteiger partial charge in [-0.1, -0.05) is 11.6 Å². The van der Waals surface area contributed by atoms with E-state index in [0.29, 0.717) is 36.0 Å². The lowest BCUT2D eigenvalue weighted by Crippen LogP contribution is -2.51. The number of aromatic nitrogens is 3. The number of rotatable bonds is 9. The average Bonchev–Trinajstić information content (AvgIpc) is 3.37. The number of pyridine rings is 1. The lowest BCUT2D eigenvalue weighted by molar-refractivity contribution is -0.135. The molecule has 0 bridgehead atoms. The van der Waals surface area contributed by atoms with Crippen molar-refractivity contribution in [3.63, 3.8) is 0 Å². The first-order chi connectivity index (χ1) is 18.3. The van der Waals surface area contributed by atoms with Gasteiger partial charge in [0, 0.05) is 42.9 Å². The fourth-order valence-electron chi connectivity index (χ4n) is 4.35. The van der Waals surface area contributed by atoms with Crippen LogP contribution in [-0.2, 0) is 16.1 Å². The van der Waals surface area contributed by atoms with Crippen molar-refractivity contribution >= 4 is 35.1 Å². The van der Waals surface area contributed by atoms with Gasteiger partial charge >= 0.3 is 0 Å². The van der Waals surface area contributed by atoms with Crippen molar-refractivity contribution < 1.29 is 14.4 Å². The molecule has 0 saturated carbocycles. The van der Waals surface area contributed by atoms with Crippen LogP contribution in [0, 0.1) is 0 Å². The highest BCUT2D eigenvalue weighted by Gasteiger charge is 2.29. The van der Waals surface area contributed by atoms with E-state index in [1.54, 1.807) is 35.4 Å². The number of benzene rings is 1. The Bertz CT molecular complexity index is 1250. The summed E-state index contributed by atoms with van der Waals surface area (Å²) in [5, 5.41) is 5.90. The Morgan fingerprint density at radius 3 is 2.42 bits per heavy atom. The van der Waals surface area contributed by atoms with Gasteiger partial charge in [0.15, 0.2) is 0 Å². The molecule has 10 nitrogen and oxygen atoms in total. The molecule has 1 saturated heterocycles. The third-order valence-electron chi connectivity index (χ3n) is 6.24. The minimum Gasteiger partial charge on any atom is -0.341 e. The van der Waals surface area contributed by atoms with E-state index in [1.165, 1.54) is 6.20 Å². The summed E-state index contributed by atoms with van der Waals surface area (Å²) in [4.78, 5) is 51.5. The topological polar surface area (TPSA) is 112 Å². The molecule has 4 rings (SSSR count). The summed E-state index contributed by atoms with van der Waals surface area (Å²) in [6.07, 6.45) is 7.68. The molecule has 200 valence electrons. The van der Waals surface area contributed by atoms with Crippen LogP contribution in [-0.4, -0.2) is 75.3 Å². The molecule has 0 radical (unpaired) electrons. The lowest BCUT2D eigenvalue weighted by atomic mass is 10.1. The number of nitrogens with zero attached hydrogens (tertiary/aromatic N) is 5. The maximum absolute atomic E-state index is 13.3.